The van der Waals surface area contributed by atoms with E-state index >= 15 is 0 Å². The van der Waals surface area contributed by atoms with E-state index in [9.17, 15) is 8.42 Å². The summed E-state index contributed by atoms with van der Waals surface area (Å²) in [7, 11) is -3.48. The van der Waals surface area contributed by atoms with E-state index in [1.54, 1.807) is 39.7 Å². The molecule has 0 spiro atoms. The van der Waals surface area contributed by atoms with E-state index in [1.165, 1.54) is 0 Å². The average Bonchev–Trinajstić information content (AvgIpc) is 3.15. The first-order chi connectivity index (χ1) is 11.1. The van der Waals surface area contributed by atoms with Crippen molar-refractivity contribution in [1.82, 2.24) is 19.3 Å². The lowest BCUT2D eigenvalue weighted by Gasteiger charge is -2.37. The third-order valence-electron chi connectivity index (χ3n) is 4.80. The van der Waals surface area contributed by atoms with Crippen molar-refractivity contribution in [3.05, 3.63) is 41.1 Å². The molecule has 2 bridgehead atoms. The molecule has 23 heavy (non-hydrogen) atoms. The average molecular weight is 397 g/mol. The van der Waals surface area contributed by atoms with Crippen LogP contribution in [0.5, 0.6) is 0 Å². The first kappa shape index (κ1) is 15.3. The van der Waals surface area contributed by atoms with Gasteiger partial charge in [0, 0.05) is 16.6 Å². The molecule has 6 nitrogen and oxygen atoms in total. The monoisotopic (exact) mass is 396 g/mol. The van der Waals surface area contributed by atoms with Gasteiger partial charge in [-0.3, -0.25) is 0 Å². The standard InChI is InChI=1S/C15H17BrN4O2S/c16-14-3-1-2-4-15(14)23(21,22)19-11-5-6-12(19)10-13(9-11)20-17-7-8-18-20/h1-4,7-8,11-13H,5-6,9-10H2. The number of piperidine rings is 1. The summed E-state index contributed by atoms with van der Waals surface area (Å²) in [4.78, 5) is 2.08. The number of hydrogen-bond acceptors (Lipinski definition) is 4. The van der Waals surface area contributed by atoms with E-state index in [4.69, 9.17) is 0 Å². The third kappa shape index (κ3) is 2.53. The summed E-state index contributed by atoms with van der Waals surface area (Å²) in [5, 5.41) is 8.45. The second kappa shape index (κ2) is 5.68. The van der Waals surface area contributed by atoms with Gasteiger partial charge in [0.1, 0.15) is 0 Å². The van der Waals surface area contributed by atoms with Gasteiger partial charge in [0.05, 0.1) is 23.3 Å². The molecule has 0 N–H and O–H groups in total. The van der Waals surface area contributed by atoms with E-state index in [0.29, 0.717) is 9.37 Å². The topological polar surface area (TPSA) is 68.1 Å². The molecular formula is C15H17BrN4O2S. The Hall–Kier alpha value is -1.25. The van der Waals surface area contributed by atoms with Crippen LogP contribution >= 0.6 is 15.9 Å². The summed E-state index contributed by atoms with van der Waals surface area (Å²) < 4.78 is 28.6. The lowest BCUT2D eigenvalue weighted by atomic mass is 10.0. The van der Waals surface area contributed by atoms with Gasteiger partial charge in [0.2, 0.25) is 10.0 Å². The molecule has 1 aromatic heterocycles. The SMILES string of the molecule is O=S(=O)(c1ccccc1Br)N1C2CCC1CC(n1nccn1)C2. The first-order valence-corrected chi connectivity index (χ1v) is 9.94. The second-order valence-corrected chi connectivity index (χ2v) is 8.79. The van der Waals surface area contributed by atoms with E-state index in [1.807, 2.05) is 6.07 Å². The summed E-state index contributed by atoms with van der Waals surface area (Å²) in [5.41, 5.74) is 0. The van der Waals surface area contributed by atoms with E-state index < -0.39 is 10.0 Å². The van der Waals surface area contributed by atoms with Crippen LogP contribution in [0.15, 0.2) is 46.0 Å². The predicted molar refractivity (Wildman–Crippen MR) is 88.3 cm³/mol. The molecule has 2 fully saturated rings. The van der Waals surface area contributed by atoms with Gasteiger partial charge in [-0.05, 0) is 53.7 Å². The Morgan fingerprint density at radius 1 is 1.00 bits per heavy atom. The van der Waals surface area contributed by atoms with E-state index in [2.05, 4.69) is 26.1 Å². The zero-order valence-electron chi connectivity index (χ0n) is 12.4. The maximum Gasteiger partial charge on any atom is 0.244 e. The van der Waals surface area contributed by atoms with Crippen molar-refractivity contribution in [2.75, 3.05) is 0 Å². The van der Waals surface area contributed by atoms with Crippen LogP contribution in [0.1, 0.15) is 31.7 Å². The normalized spacial score (nSPS) is 28.1. The van der Waals surface area contributed by atoms with Crippen molar-refractivity contribution in [2.24, 2.45) is 0 Å². The van der Waals surface area contributed by atoms with Crippen molar-refractivity contribution in [3.8, 4) is 0 Å². The lowest BCUT2D eigenvalue weighted by molar-refractivity contribution is 0.174. The molecule has 0 amide bonds. The van der Waals surface area contributed by atoms with Crippen LogP contribution in [0, 0.1) is 0 Å². The first-order valence-electron chi connectivity index (χ1n) is 7.71. The van der Waals surface area contributed by atoms with E-state index in [-0.39, 0.29) is 18.1 Å². The number of benzene rings is 1. The van der Waals surface area contributed by atoms with Crippen LogP contribution in [-0.2, 0) is 10.0 Å². The fraction of sp³-hybridized carbons (Fsp3) is 0.467. The smallest absolute Gasteiger partial charge is 0.207 e. The zero-order chi connectivity index (χ0) is 16.0. The van der Waals surface area contributed by atoms with E-state index in [0.717, 1.165) is 25.7 Å². The molecule has 2 saturated heterocycles. The maximum absolute atomic E-state index is 13.1. The Labute approximate surface area is 143 Å². The molecule has 2 atom stereocenters. The van der Waals surface area contributed by atoms with Crippen molar-refractivity contribution in [1.29, 1.82) is 0 Å². The van der Waals surface area contributed by atoms with Crippen molar-refractivity contribution in [2.45, 2.75) is 48.7 Å². The Morgan fingerprint density at radius 2 is 1.61 bits per heavy atom. The molecule has 3 heterocycles. The van der Waals surface area contributed by atoms with Crippen LogP contribution in [-0.4, -0.2) is 39.8 Å². The Bertz CT molecular complexity index is 795. The third-order valence-corrected chi connectivity index (χ3v) is 7.81. The molecule has 1 aromatic carbocycles. The van der Waals surface area contributed by atoms with Crippen molar-refractivity contribution in [3.63, 3.8) is 0 Å². The fourth-order valence-electron chi connectivity index (χ4n) is 3.87. The second-order valence-electron chi connectivity index (χ2n) is 6.13. The van der Waals surface area contributed by atoms with Gasteiger partial charge in [-0.2, -0.15) is 19.3 Å². The summed E-state index contributed by atoms with van der Waals surface area (Å²) in [6.45, 7) is 0. The molecule has 0 radical (unpaired) electrons. The molecule has 2 aliphatic heterocycles. The van der Waals surface area contributed by atoms with Crippen molar-refractivity contribution >= 4 is 26.0 Å². The number of nitrogens with zero attached hydrogens (tertiary/aromatic N) is 4. The summed E-state index contributed by atoms with van der Waals surface area (Å²) in [6.07, 6.45) is 6.71. The Morgan fingerprint density at radius 3 is 2.22 bits per heavy atom. The maximum atomic E-state index is 13.1. The van der Waals surface area contributed by atoms with Gasteiger partial charge in [-0.15, -0.1) is 0 Å². The van der Waals surface area contributed by atoms with Crippen molar-refractivity contribution < 1.29 is 8.42 Å². The minimum absolute atomic E-state index is 0.0295. The number of rotatable bonds is 3. The number of sulfonamides is 1. The number of hydrogen-bond donors (Lipinski definition) is 0. The minimum atomic E-state index is -3.48. The molecule has 122 valence electrons. The Balaban J connectivity index is 1.66. The van der Waals surface area contributed by atoms with Gasteiger partial charge in [-0.1, -0.05) is 12.1 Å². The predicted octanol–water partition coefficient (Wildman–Crippen LogP) is 2.60. The van der Waals surface area contributed by atoms with Crippen LogP contribution in [0.3, 0.4) is 0 Å². The number of aromatic nitrogens is 3. The largest absolute Gasteiger partial charge is 0.244 e. The van der Waals surface area contributed by atoms with Gasteiger partial charge in [0.15, 0.2) is 0 Å². The molecule has 8 heteroatoms. The highest BCUT2D eigenvalue weighted by atomic mass is 79.9. The van der Waals surface area contributed by atoms with Crippen LogP contribution in [0.25, 0.3) is 0 Å². The summed E-state index contributed by atoms with van der Waals surface area (Å²) >= 11 is 3.37. The molecule has 0 aliphatic carbocycles. The molecule has 4 rings (SSSR count). The Kier molecular flexibility index (Phi) is 3.78. The van der Waals surface area contributed by atoms with Gasteiger partial charge in [-0.25, -0.2) is 8.42 Å². The van der Waals surface area contributed by atoms with Crippen LogP contribution in [0.2, 0.25) is 0 Å². The number of halogens is 1. The molecular weight excluding hydrogens is 380 g/mol. The summed E-state index contributed by atoms with van der Waals surface area (Å²) in [5.74, 6) is 0. The molecule has 0 saturated carbocycles. The highest BCUT2D eigenvalue weighted by Gasteiger charge is 2.48. The zero-order valence-corrected chi connectivity index (χ0v) is 14.8. The quantitative estimate of drug-likeness (QED) is 0.799. The summed E-state index contributed by atoms with van der Waals surface area (Å²) in [6, 6.07) is 7.28. The molecule has 2 aliphatic rings. The van der Waals surface area contributed by atoms with Crippen LogP contribution in [0.4, 0.5) is 0 Å². The van der Waals surface area contributed by atoms with Crippen LogP contribution < -0.4 is 0 Å². The van der Waals surface area contributed by atoms with Gasteiger partial charge >= 0.3 is 0 Å². The highest BCUT2D eigenvalue weighted by Crippen LogP contribution is 2.44. The van der Waals surface area contributed by atoms with Gasteiger partial charge < -0.3 is 0 Å². The highest BCUT2D eigenvalue weighted by molar-refractivity contribution is 9.10. The molecule has 2 aromatic rings. The minimum Gasteiger partial charge on any atom is -0.207 e. The number of fused-ring (bicyclic) bond motifs is 2. The lowest BCUT2D eigenvalue weighted by Crippen LogP contribution is -2.47. The van der Waals surface area contributed by atoms with Gasteiger partial charge in [0.25, 0.3) is 0 Å². The fourth-order valence-corrected chi connectivity index (χ4v) is 6.73. The molecule has 2 unspecified atom stereocenters.